The van der Waals surface area contributed by atoms with Crippen LogP contribution in [0.1, 0.15) is 131 Å². The second-order valence-corrected chi connectivity index (χ2v) is 11.9. The number of unbranched alkanes of at least 4 members (excludes halogenated alkanes) is 7. The van der Waals surface area contributed by atoms with Crippen LogP contribution in [0.5, 0.6) is 0 Å². The molecule has 0 atom stereocenters. The van der Waals surface area contributed by atoms with E-state index in [2.05, 4.69) is 44.4 Å². The topological polar surface area (TPSA) is 9.23 Å². The van der Waals surface area contributed by atoms with Gasteiger partial charge in [0.15, 0.2) is 11.6 Å². The van der Waals surface area contributed by atoms with Crippen LogP contribution in [0, 0.1) is 5.41 Å². The van der Waals surface area contributed by atoms with Crippen molar-refractivity contribution in [2.45, 2.75) is 137 Å². The maximum atomic E-state index is 14.3. The van der Waals surface area contributed by atoms with E-state index in [0.717, 1.165) is 56.1 Å². The van der Waals surface area contributed by atoms with E-state index in [1.807, 2.05) is 26.8 Å². The molecule has 0 heterocycles. The van der Waals surface area contributed by atoms with E-state index in [1.54, 1.807) is 18.2 Å². The number of alkyl halides is 1. The second kappa shape index (κ2) is 19.1. The molecule has 0 fully saturated rings. The van der Waals surface area contributed by atoms with E-state index in [9.17, 15) is 8.78 Å². The number of hydrogen-bond acceptors (Lipinski definition) is 1. The van der Waals surface area contributed by atoms with Gasteiger partial charge in [0.05, 0.1) is 0 Å². The summed E-state index contributed by atoms with van der Waals surface area (Å²) in [6.07, 6.45) is 26.7. The highest BCUT2D eigenvalue weighted by molar-refractivity contribution is 5.31. The van der Waals surface area contributed by atoms with Crippen LogP contribution in [0.4, 0.5) is 8.78 Å². The van der Waals surface area contributed by atoms with Crippen LogP contribution < -0.4 is 0 Å². The number of allylic oxidation sites excluding steroid dienone is 7. The molecule has 0 aromatic rings. The van der Waals surface area contributed by atoms with Crippen LogP contribution in [0.25, 0.3) is 0 Å². The Balaban J connectivity index is 2.23. The van der Waals surface area contributed by atoms with E-state index in [1.165, 1.54) is 44.9 Å². The lowest BCUT2D eigenvalue weighted by Crippen LogP contribution is -2.22. The quantitative estimate of drug-likeness (QED) is 0.0867. The number of hydrogen-bond donors (Lipinski definition) is 0. The molecule has 0 aliphatic heterocycles. The third-order valence-electron chi connectivity index (χ3n) is 7.57. The van der Waals surface area contributed by atoms with E-state index in [0.29, 0.717) is 11.2 Å². The van der Waals surface area contributed by atoms with Gasteiger partial charge in [-0.15, -0.1) is 5.73 Å². The third-order valence-corrected chi connectivity index (χ3v) is 7.57. The standard InChI is InChI=1S/C35H54F2O/c1-7-34(3,4)26-18-17-21-30(25-27-36)20-15-13-11-9-10-12-14-16-22-31-23-19-24-33(29-32(37)28-31)38-35(5,6)8-2/h17,21,23-25,28H,7-16,18,20,22,26-27H2,1-6H3/b21-17-,30-25-,31-28-. The normalized spacial score (nSPS) is 16.2. The van der Waals surface area contributed by atoms with Gasteiger partial charge in [0, 0.05) is 6.08 Å². The summed E-state index contributed by atoms with van der Waals surface area (Å²) in [7, 11) is 0. The Kier molecular flexibility index (Phi) is 17.0. The molecule has 0 spiro atoms. The number of rotatable bonds is 20. The van der Waals surface area contributed by atoms with Gasteiger partial charge in [0.2, 0.25) is 0 Å². The summed E-state index contributed by atoms with van der Waals surface area (Å²) >= 11 is 0. The van der Waals surface area contributed by atoms with Crippen LogP contribution in [0.3, 0.4) is 0 Å². The van der Waals surface area contributed by atoms with Crippen LogP contribution in [0.2, 0.25) is 0 Å². The fourth-order valence-electron chi connectivity index (χ4n) is 4.14. The highest BCUT2D eigenvalue weighted by atomic mass is 19.1. The largest absolute Gasteiger partial charge is 0.480 e. The highest BCUT2D eigenvalue weighted by Crippen LogP contribution is 2.26. The zero-order valence-electron chi connectivity index (χ0n) is 25.2. The van der Waals surface area contributed by atoms with Gasteiger partial charge in [0.25, 0.3) is 0 Å². The van der Waals surface area contributed by atoms with Crippen LogP contribution in [-0.2, 0) is 4.74 Å². The van der Waals surface area contributed by atoms with Crippen molar-refractivity contribution in [3.05, 3.63) is 70.7 Å². The molecule has 1 aliphatic carbocycles. The minimum absolute atomic E-state index is 0.357. The zero-order valence-corrected chi connectivity index (χ0v) is 25.2. The molecule has 0 aromatic heterocycles. The van der Waals surface area contributed by atoms with E-state index >= 15 is 0 Å². The summed E-state index contributed by atoms with van der Waals surface area (Å²) in [5.41, 5.74) is 7.95. The smallest absolute Gasteiger partial charge is 0.173 e. The van der Waals surface area contributed by atoms with Crippen molar-refractivity contribution >= 4 is 0 Å². The molecule has 1 nitrogen and oxygen atoms in total. The van der Waals surface area contributed by atoms with Crippen LogP contribution >= 0.6 is 0 Å². The molecular formula is C35H54F2O. The monoisotopic (exact) mass is 528 g/mol. The van der Waals surface area contributed by atoms with Gasteiger partial charge in [-0.05, 0) is 93.2 Å². The highest BCUT2D eigenvalue weighted by Gasteiger charge is 2.17. The Labute approximate surface area is 233 Å². The Morgan fingerprint density at radius 3 is 2.21 bits per heavy atom. The average Bonchev–Trinajstić information content (AvgIpc) is 2.85. The van der Waals surface area contributed by atoms with Crippen molar-refractivity contribution in [1.82, 2.24) is 0 Å². The van der Waals surface area contributed by atoms with Gasteiger partial charge in [-0.3, -0.25) is 0 Å². The van der Waals surface area contributed by atoms with E-state index in [4.69, 9.17) is 4.74 Å². The Hall–Kier alpha value is -2.08. The maximum absolute atomic E-state index is 14.3. The lowest BCUT2D eigenvalue weighted by atomic mass is 9.85. The predicted octanol–water partition coefficient (Wildman–Crippen LogP) is 11.7. The average molecular weight is 529 g/mol. The van der Waals surface area contributed by atoms with Crippen LogP contribution in [0.15, 0.2) is 70.7 Å². The molecule has 0 saturated heterocycles. The molecule has 0 N–H and O–H groups in total. The summed E-state index contributed by atoms with van der Waals surface area (Å²) < 4.78 is 33.1. The first-order chi connectivity index (χ1) is 18.1. The predicted molar refractivity (Wildman–Crippen MR) is 161 cm³/mol. The third kappa shape index (κ3) is 16.7. The second-order valence-electron chi connectivity index (χ2n) is 11.9. The van der Waals surface area contributed by atoms with Crippen molar-refractivity contribution in [2.75, 3.05) is 6.67 Å². The molecule has 0 amide bonds. The lowest BCUT2D eigenvalue weighted by molar-refractivity contribution is 0.0391. The molecule has 3 heteroatoms. The van der Waals surface area contributed by atoms with Gasteiger partial charge in [-0.1, -0.05) is 90.9 Å². The summed E-state index contributed by atoms with van der Waals surface area (Å²) in [5.74, 6) is -0.00471. The lowest BCUT2D eigenvalue weighted by Gasteiger charge is -2.24. The first-order valence-electron chi connectivity index (χ1n) is 15.0. The summed E-state index contributed by atoms with van der Waals surface area (Å²) in [6.45, 7) is 12.5. The summed E-state index contributed by atoms with van der Waals surface area (Å²) in [4.78, 5) is 0. The number of ether oxygens (including phenoxy) is 1. The zero-order chi connectivity index (χ0) is 28.3. The van der Waals surface area contributed by atoms with Crippen molar-refractivity contribution in [3.63, 3.8) is 0 Å². The first-order valence-corrected chi connectivity index (χ1v) is 15.0. The van der Waals surface area contributed by atoms with Crippen molar-refractivity contribution in [2.24, 2.45) is 5.41 Å². The molecule has 1 aliphatic rings. The van der Waals surface area contributed by atoms with Crippen molar-refractivity contribution < 1.29 is 13.5 Å². The molecular weight excluding hydrogens is 474 g/mol. The minimum atomic E-state index is -0.392. The first kappa shape index (κ1) is 33.9. The van der Waals surface area contributed by atoms with Gasteiger partial charge in [-0.25, -0.2) is 4.39 Å². The molecule has 0 aromatic carbocycles. The fourth-order valence-corrected chi connectivity index (χ4v) is 4.14. The number of halogens is 2. The molecule has 0 radical (unpaired) electrons. The van der Waals surface area contributed by atoms with Crippen molar-refractivity contribution in [1.29, 1.82) is 0 Å². The van der Waals surface area contributed by atoms with Gasteiger partial charge in [-0.2, -0.15) is 4.39 Å². The molecule has 214 valence electrons. The molecule has 0 unspecified atom stereocenters. The SMILES string of the molecule is CCC(C)(C)CC/C=C\C(=C/CF)CCCCCCCCCC/C1=C/C(F)=C=C(OC(C)(C)CC)C=C=C1. The Morgan fingerprint density at radius 1 is 0.921 bits per heavy atom. The van der Waals surface area contributed by atoms with Crippen molar-refractivity contribution in [3.8, 4) is 0 Å². The summed E-state index contributed by atoms with van der Waals surface area (Å²) in [6, 6.07) is 0. The Morgan fingerprint density at radius 2 is 1.58 bits per heavy atom. The summed E-state index contributed by atoms with van der Waals surface area (Å²) in [5, 5.41) is 0. The van der Waals surface area contributed by atoms with E-state index in [-0.39, 0.29) is 12.3 Å². The molecule has 1 rings (SSSR count). The fraction of sp³-hybridized carbons (Fsp3) is 0.657. The van der Waals surface area contributed by atoms with Gasteiger partial charge >= 0.3 is 0 Å². The maximum Gasteiger partial charge on any atom is 0.173 e. The molecule has 0 bridgehead atoms. The minimum Gasteiger partial charge on any atom is -0.480 e. The van der Waals surface area contributed by atoms with Gasteiger partial charge < -0.3 is 4.74 Å². The van der Waals surface area contributed by atoms with Gasteiger partial charge in [0.1, 0.15) is 12.3 Å². The Bertz CT molecular complexity index is 900. The van der Waals surface area contributed by atoms with E-state index < -0.39 is 5.83 Å². The van der Waals surface area contributed by atoms with Crippen LogP contribution in [-0.4, -0.2) is 12.3 Å². The molecule has 0 saturated carbocycles. The molecule has 38 heavy (non-hydrogen) atoms.